The number of nitrogens with zero attached hydrogens (tertiary/aromatic N) is 1. The molecule has 0 radical (unpaired) electrons. The molecule has 1 fully saturated rings. The maximum atomic E-state index is 12.1. The number of anilines is 3. The van der Waals surface area contributed by atoms with E-state index in [2.05, 4.69) is 15.5 Å². The van der Waals surface area contributed by atoms with Crippen molar-refractivity contribution in [3.63, 3.8) is 0 Å². The highest BCUT2D eigenvalue weighted by Crippen LogP contribution is 2.22. The van der Waals surface area contributed by atoms with Crippen molar-refractivity contribution in [3.05, 3.63) is 48.5 Å². The Morgan fingerprint density at radius 1 is 0.923 bits per heavy atom. The molecular weight excluding hydrogens is 352 g/mol. The Hall–Kier alpha value is -2.58. The van der Waals surface area contributed by atoms with E-state index in [1.165, 1.54) is 37.5 Å². The van der Waals surface area contributed by atoms with Crippen LogP contribution in [0.15, 0.2) is 53.4 Å². The van der Waals surface area contributed by atoms with Crippen molar-refractivity contribution in [2.45, 2.75) is 24.2 Å². The molecule has 1 heterocycles. The number of nitrogens with two attached hydrogens (primary N) is 1. The maximum Gasteiger partial charge on any atom is 0.323 e. The average Bonchev–Trinajstić information content (AvgIpc) is 2.62. The summed E-state index contributed by atoms with van der Waals surface area (Å²) in [6.45, 7) is 2.13. The molecule has 26 heavy (non-hydrogen) atoms. The maximum absolute atomic E-state index is 12.1. The topological polar surface area (TPSA) is 105 Å². The fourth-order valence-electron chi connectivity index (χ4n) is 2.95. The Kier molecular flexibility index (Phi) is 5.43. The van der Waals surface area contributed by atoms with E-state index in [1.807, 2.05) is 24.3 Å². The molecule has 2 aromatic carbocycles. The van der Waals surface area contributed by atoms with Crippen LogP contribution in [-0.2, 0) is 10.0 Å². The van der Waals surface area contributed by atoms with E-state index < -0.39 is 16.1 Å². The van der Waals surface area contributed by atoms with Crippen LogP contribution in [0.3, 0.4) is 0 Å². The van der Waals surface area contributed by atoms with Gasteiger partial charge in [0.05, 0.1) is 4.90 Å². The zero-order valence-electron chi connectivity index (χ0n) is 14.3. The van der Waals surface area contributed by atoms with Crippen molar-refractivity contribution in [1.29, 1.82) is 0 Å². The number of sulfonamides is 1. The number of primary sulfonamides is 1. The molecule has 4 N–H and O–H groups in total. The monoisotopic (exact) mass is 374 g/mol. The van der Waals surface area contributed by atoms with Gasteiger partial charge in [0.25, 0.3) is 0 Å². The highest BCUT2D eigenvalue weighted by atomic mass is 32.2. The summed E-state index contributed by atoms with van der Waals surface area (Å²) in [5.41, 5.74) is 2.15. The molecule has 8 heteroatoms. The summed E-state index contributed by atoms with van der Waals surface area (Å²) >= 11 is 0. The van der Waals surface area contributed by atoms with Crippen LogP contribution in [0.4, 0.5) is 21.9 Å². The van der Waals surface area contributed by atoms with Gasteiger partial charge in [-0.3, -0.25) is 0 Å². The van der Waals surface area contributed by atoms with Gasteiger partial charge in [0.15, 0.2) is 0 Å². The number of carbonyl (C=O) groups excluding carboxylic acids is 1. The van der Waals surface area contributed by atoms with E-state index in [-0.39, 0.29) is 4.90 Å². The van der Waals surface area contributed by atoms with Crippen molar-refractivity contribution in [1.82, 2.24) is 0 Å². The van der Waals surface area contributed by atoms with Crippen molar-refractivity contribution >= 4 is 33.1 Å². The third-order valence-corrected chi connectivity index (χ3v) is 5.18. The van der Waals surface area contributed by atoms with E-state index in [1.54, 1.807) is 6.07 Å². The van der Waals surface area contributed by atoms with Crippen molar-refractivity contribution < 1.29 is 13.2 Å². The second-order valence-electron chi connectivity index (χ2n) is 6.25. The van der Waals surface area contributed by atoms with Crippen LogP contribution in [0.1, 0.15) is 19.3 Å². The van der Waals surface area contributed by atoms with Crippen molar-refractivity contribution in [2.75, 3.05) is 28.6 Å². The summed E-state index contributed by atoms with van der Waals surface area (Å²) in [4.78, 5) is 14.4. The first kappa shape index (κ1) is 18.2. The lowest BCUT2D eigenvalue weighted by Gasteiger charge is -2.28. The molecule has 1 saturated heterocycles. The van der Waals surface area contributed by atoms with Crippen molar-refractivity contribution in [3.8, 4) is 0 Å². The lowest BCUT2D eigenvalue weighted by atomic mass is 10.1. The molecule has 0 atom stereocenters. The predicted molar refractivity (Wildman–Crippen MR) is 103 cm³/mol. The number of hydrogen-bond donors (Lipinski definition) is 3. The van der Waals surface area contributed by atoms with Gasteiger partial charge in [0.1, 0.15) is 0 Å². The van der Waals surface area contributed by atoms with E-state index in [9.17, 15) is 13.2 Å². The largest absolute Gasteiger partial charge is 0.372 e. The number of benzene rings is 2. The molecule has 3 rings (SSSR count). The molecule has 0 aliphatic carbocycles. The van der Waals surface area contributed by atoms with Crippen LogP contribution in [0.5, 0.6) is 0 Å². The first-order chi connectivity index (χ1) is 12.4. The normalized spacial score (nSPS) is 14.7. The molecular formula is C18H22N4O3S. The van der Waals surface area contributed by atoms with E-state index in [0.717, 1.165) is 18.8 Å². The highest BCUT2D eigenvalue weighted by Gasteiger charge is 2.12. The Balaban J connectivity index is 1.61. The molecule has 0 unspecified atom stereocenters. The minimum absolute atomic E-state index is 0.0545. The standard InChI is InChI=1S/C18H22N4O3S/c19-26(24,25)17-6-4-5-15(13-17)21-18(23)20-14-7-9-16(10-8-14)22-11-2-1-3-12-22/h4-10,13H,1-3,11-12H2,(H2,19,24,25)(H2,20,21,23). The quantitative estimate of drug-likeness (QED) is 0.765. The van der Waals surface area contributed by atoms with Gasteiger partial charge in [-0.2, -0.15) is 0 Å². The number of urea groups is 1. The van der Waals surface area contributed by atoms with E-state index in [4.69, 9.17) is 5.14 Å². The molecule has 138 valence electrons. The van der Waals surface area contributed by atoms with Gasteiger partial charge in [-0.25, -0.2) is 18.4 Å². The summed E-state index contributed by atoms with van der Waals surface area (Å²) in [6, 6.07) is 13.0. The molecule has 1 aliphatic heterocycles. The van der Waals surface area contributed by atoms with Gasteiger partial charge in [0, 0.05) is 30.2 Å². The fraction of sp³-hybridized carbons (Fsp3) is 0.278. The lowest BCUT2D eigenvalue weighted by molar-refractivity contribution is 0.262. The van der Waals surface area contributed by atoms with Gasteiger partial charge in [-0.15, -0.1) is 0 Å². The molecule has 2 aromatic rings. The fourth-order valence-corrected chi connectivity index (χ4v) is 3.51. The molecule has 0 spiro atoms. The summed E-state index contributed by atoms with van der Waals surface area (Å²) in [6.07, 6.45) is 3.70. The minimum atomic E-state index is -3.81. The average molecular weight is 374 g/mol. The van der Waals surface area contributed by atoms with Crippen LogP contribution >= 0.6 is 0 Å². The Bertz CT molecular complexity index is 876. The van der Waals surface area contributed by atoms with Gasteiger partial charge < -0.3 is 15.5 Å². The number of hydrogen-bond acceptors (Lipinski definition) is 4. The van der Waals surface area contributed by atoms with Gasteiger partial charge in [-0.05, 0) is 61.7 Å². The minimum Gasteiger partial charge on any atom is -0.372 e. The highest BCUT2D eigenvalue weighted by molar-refractivity contribution is 7.89. The summed E-state index contributed by atoms with van der Waals surface area (Å²) in [5, 5.41) is 10.4. The number of piperidine rings is 1. The zero-order valence-corrected chi connectivity index (χ0v) is 15.1. The van der Waals surface area contributed by atoms with Crippen LogP contribution in [0.2, 0.25) is 0 Å². The van der Waals surface area contributed by atoms with Crippen LogP contribution in [-0.4, -0.2) is 27.5 Å². The van der Waals surface area contributed by atoms with E-state index >= 15 is 0 Å². The summed E-state index contributed by atoms with van der Waals surface area (Å²) in [5.74, 6) is 0. The first-order valence-corrected chi connectivity index (χ1v) is 10.0. The summed E-state index contributed by atoms with van der Waals surface area (Å²) in [7, 11) is -3.81. The first-order valence-electron chi connectivity index (χ1n) is 8.48. The second-order valence-corrected chi connectivity index (χ2v) is 7.81. The predicted octanol–water partition coefficient (Wildman–Crippen LogP) is 2.97. The van der Waals surface area contributed by atoms with Crippen LogP contribution < -0.4 is 20.7 Å². The molecule has 0 aromatic heterocycles. The molecule has 0 bridgehead atoms. The third kappa shape index (κ3) is 4.74. The smallest absolute Gasteiger partial charge is 0.323 e. The van der Waals surface area contributed by atoms with Gasteiger partial charge >= 0.3 is 6.03 Å². The van der Waals surface area contributed by atoms with Crippen LogP contribution in [0, 0.1) is 0 Å². The number of nitrogens with one attached hydrogen (secondary N) is 2. The Morgan fingerprint density at radius 3 is 2.23 bits per heavy atom. The van der Waals surface area contributed by atoms with Gasteiger partial charge in [0.2, 0.25) is 10.0 Å². The van der Waals surface area contributed by atoms with Gasteiger partial charge in [-0.1, -0.05) is 6.07 Å². The Morgan fingerprint density at radius 2 is 1.58 bits per heavy atom. The summed E-state index contributed by atoms with van der Waals surface area (Å²) < 4.78 is 22.7. The zero-order chi connectivity index (χ0) is 18.6. The lowest BCUT2D eigenvalue weighted by Crippen LogP contribution is -2.29. The van der Waals surface area contributed by atoms with Crippen LogP contribution in [0.25, 0.3) is 0 Å². The molecule has 7 nitrogen and oxygen atoms in total. The number of carbonyl (C=O) groups is 1. The second kappa shape index (κ2) is 7.76. The Labute approximate surface area is 153 Å². The molecule has 1 aliphatic rings. The molecule has 2 amide bonds. The SMILES string of the molecule is NS(=O)(=O)c1cccc(NC(=O)Nc2ccc(N3CCCCC3)cc2)c1. The third-order valence-electron chi connectivity index (χ3n) is 4.27. The van der Waals surface area contributed by atoms with E-state index in [0.29, 0.717) is 11.4 Å². The van der Waals surface area contributed by atoms with Crippen molar-refractivity contribution in [2.24, 2.45) is 5.14 Å². The molecule has 0 saturated carbocycles. The number of rotatable bonds is 4. The number of amides is 2.